The van der Waals surface area contributed by atoms with Crippen molar-refractivity contribution in [3.63, 3.8) is 0 Å². The van der Waals surface area contributed by atoms with Crippen molar-refractivity contribution in [2.75, 3.05) is 7.11 Å². The van der Waals surface area contributed by atoms with Crippen LogP contribution in [0.2, 0.25) is 0 Å². The lowest BCUT2D eigenvalue weighted by Crippen LogP contribution is -2.29. The molecule has 6 nitrogen and oxygen atoms in total. The maximum Gasteiger partial charge on any atom is 0.417 e. The van der Waals surface area contributed by atoms with Crippen molar-refractivity contribution in [2.45, 2.75) is 12.7 Å². The monoisotopic (exact) mass is 502 g/mol. The van der Waals surface area contributed by atoms with E-state index < -0.39 is 41.0 Å². The number of aromatic hydroxyl groups is 1. The third kappa shape index (κ3) is 4.53. The molecule has 0 aliphatic carbocycles. The molecular formula is C25H15F5N2O4. The fourth-order valence-corrected chi connectivity index (χ4v) is 3.62. The first-order chi connectivity index (χ1) is 17.0. The highest BCUT2D eigenvalue weighted by Gasteiger charge is 2.37. The van der Waals surface area contributed by atoms with Crippen LogP contribution in [0.3, 0.4) is 0 Å². The zero-order valence-electron chi connectivity index (χ0n) is 18.4. The number of phenols is 1. The number of rotatable bonds is 5. The van der Waals surface area contributed by atoms with Crippen LogP contribution in [0.1, 0.15) is 16.7 Å². The van der Waals surface area contributed by atoms with Crippen LogP contribution < -0.4 is 10.3 Å². The lowest BCUT2D eigenvalue weighted by molar-refractivity contribution is -0.137. The van der Waals surface area contributed by atoms with Gasteiger partial charge < -0.3 is 14.3 Å². The van der Waals surface area contributed by atoms with E-state index in [9.17, 15) is 37.1 Å². The summed E-state index contributed by atoms with van der Waals surface area (Å²) in [4.78, 5) is 13.0. The summed E-state index contributed by atoms with van der Waals surface area (Å²) in [5.41, 5.74) is -4.16. The lowest BCUT2D eigenvalue weighted by atomic mass is 10.1. The SMILES string of the molecule is COc1cc(-c2ccc(-c3cc(C(F)(F)F)c(C#N)c(=O)n3Cc3ccc(F)cc3F)o2)ccc1O. The van der Waals surface area contributed by atoms with Crippen molar-refractivity contribution in [3.05, 3.63) is 93.3 Å². The van der Waals surface area contributed by atoms with Crippen molar-refractivity contribution in [3.8, 4) is 40.3 Å². The second-order valence-corrected chi connectivity index (χ2v) is 7.61. The molecular weight excluding hydrogens is 487 g/mol. The number of halogens is 5. The number of alkyl halides is 3. The molecule has 2 aromatic heterocycles. The van der Waals surface area contributed by atoms with Crippen LogP contribution in [0.5, 0.6) is 11.5 Å². The fourth-order valence-electron chi connectivity index (χ4n) is 3.62. The summed E-state index contributed by atoms with van der Waals surface area (Å²) in [7, 11) is 1.33. The number of benzene rings is 2. The molecule has 184 valence electrons. The normalized spacial score (nSPS) is 11.4. The van der Waals surface area contributed by atoms with Crippen molar-refractivity contribution in [1.29, 1.82) is 5.26 Å². The Balaban J connectivity index is 1.92. The quantitative estimate of drug-likeness (QED) is 0.354. The van der Waals surface area contributed by atoms with Gasteiger partial charge in [0, 0.05) is 17.2 Å². The van der Waals surface area contributed by atoms with E-state index in [-0.39, 0.29) is 34.3 Å². The van der Waals surface area contributed by atoms with Gasteiger partial charge in [0.1, 0.15) is 29.0 Å². The molecule has 0 bridgehead atoms. The minimum atomic E-state index is -5.04. The summed E-state index contributed by atoms with van der Waals surface area (Å²) >= 11 is 0. The van der Waals surface area contributed by atoms with Gasteiger partial charge in [-0.15, -0.1) is 0 Å². The molecule has 1 N–H and O–H groups in total. The molecule has 2 heterocycles. The molecule has 0 fully saturated rings. The number of hydrogen-bond acceptors (Lipinski definition) is 5. The van der Waals surface area contributed by atoms with E-state index in [1.165, 1.54) is 43.5 Å². The van der Waals surface area contributed by atoms with Gasteiger partial charge in [0.25, 0.3) is 5.56 Å². The van der Waals surface area contributed by atoms with Crippen molar-refractivity contribution < 1.29 is 36.2 Å². The minimum absolute atomic E-state index is 0.117. The smallest absolute Gasteiger partial charge is 0.417 e. The van der Waals surface area contributed by atoms with Gasteiger partial charge in [0.15, 0.2) is 17.3 Å². The lowest BCUT2D eigenvalue weighted by Gasteiger charge is -2.16. The van der Waals surface area contributed by atoms with Gasteiger partial charge in [-0.3, -0.25) is 9.36 Å². The summed E-state index contributed by atoms with van der Waals surface area (Å²) in [6, 6.07) is 11.3. The predicted molar refractivity (Wildman–Crippen MR) is 117 cm³/mol. The first kappa shape index (κ1) is 24.5. The molecule has 0 atom stereocenters. The number of aromatic nitrogens is 1. The molecule has 4 aromatic rings. The molecule has 0 aliphatic heterocycles. The Bertz CT molecular complexity index is 1560. The Kier molecular flexibility index (Phi) is 6.28. The third-order valence-corrected chi connectivity index (χ3v) is 5.38. The molecule has 2 aromatic carbocycles. The van der Waals surface area contributed by atoms with Crippen LogP contribution in [0.15, 0.2) is 63.8 Å². The van der Waals surface area contributed by atoms with Gasteiger partial charge in [-0.1, -0.05) is 6.07 Å². The number of methoxy groups -OCH3 is 1. The maximum atomic E-state index is 14.3. The Morgan fingerprint density at radius 1 is 1.06 bits per heavy atom. The summed E-state index contributed by atoms with van der Waals surface area (Å²) in [5.74, 6) is -1.96. The van der Waals surface area contributed by atoms with Crippen molar-refractivity contribution in [1.82, 2.24) is 4.57 Å². The van der Waals surface area contributed by atoms with Crippen LogP contribution in [-0.2, 0) is 12.7 Å². The van der Waals surface area contributed by atoms with Gasteiger partial charge in [-0.25, -0.2) is 8.78 Å². The predicted octanol–water partition coefficient (Wildman–Crippen LogP) is 5.71. The fraction of sp³-hybridized carbons (Fsp3) is 0.120. The second-order valence-electron chi connectivity index (χ2n) is 7.61. The average molecular weight is 502 g/mol. The van der Waals surface area contributed by atoms with Gasteiger partial charge in [0.05, 0.1) is 24.9 Å². The standard InChI is InChI=1S/C25H15F5N2O4/c1-35-23-8-13(3-5-20(23)33)21-6-7-22(36-21)19-10-17(25(28,29)30)16(11-31)24(34)32(19)12-14-2-4-15(26)9-18(14)27/h2-10,33H,12H2,1H3. The molecule has 36 heavy (non-hydrogen) atoms. The summed E-state index contributed by atoms with van der Waals surface area (Å²) in [5, 5.41) is 19.1. The van der Waals surface area contributed by atoms with E-state index in [2.05, 4.69) is 0 Å². The van der Waals surface area contributed by atoms with Crippen LogP contribution in [0, 0.1) is 23.0 Å². The molecule has 0 saturated heterocycles. The van der Waals surface area contributed by atoms with Crippen molar-refractivity contribution in [2.24, 2.45) is 0 Å². The number of phenolic OH excluding ortho intramolecular Hbond substituents is 1. The first-order valence-corrected chi connectivity index (χ1v) is 10.2. The van der Waals surface area contributed by atoms with Crippen LogP contribution >= 0.6 is 0 Å². The number of nitriles is 1. The van der Waals surface area contributed by atoms with Crippen LogP contribution in [0.25, 0.3) is 22.8 Å². The Morgan fingerprint density at radius 3 is 2.42 bits per heavy atom. The number of ether oxygens (including phenoxy) is 1. The first-order valence-electron chi connectivity index (χ1n) is 10.2. The van der Waals surface area contributed by atoms with Gasteiger partial charge >= 0.3 is 6.18 Å². The van der Waals surface area contributed by atoms with Gasteiger partial charge in [-0.2, -0.15) is 18.4 Å². The number of nitrogens with zero attached hydrogens (tertiary/aromatic N) is 2. The van der Waals surface area contributed by atoms with Crippen LogP contribution in [0.4, 0.5) is 22.0 Å². The topological polar surface area (TPSA) is 88.4 Å². The molecule has 11 heteroatoms. The highest BCUT2D eigenvalue weighted by Crippen LogP contribution is 2.37. The Morgan fingerprint density at radius 2 is 1.78 bits per heavy atom. The van der Waals surface area contributed by atoms with Crippen LogP contribution in [-0.4, -0.2) is 16.8 Å². The molecule has 0 aliphatic rings. The number of furan rings is 1. The minimum Gasteiger partial charge on any atom is -0.504 e. The maximum absolute atomic E-state index is 14.3. The van der Waals surface area contributed by atoms with E-state index >= 15 is 0 Å². The zero-order valence-corrected chi connectivity index (χ0v) is 18.4. The molecule has 0 amide bonds. The van der Waals surface area contributed by atoms with E-state index in [0.717, 1.165) is 16.7 Å². The molecule has 4 rings (SSSR count). The zero-order chi connectivity index (χ0) is 26.2. The Labute approximate surface area is 200 Å². The Hall–Kier alpha value is -4.59. The van der Waals surface area contributed by atoms with E-state index in [0.29, 0.717) is 17.7 Å². The third-order valence-electron chi connectivity index (χ3n) is 5.38. The van der Waals surface area contributed by atoms with Crippen molar-refractivity contribution >= 4 is 0 Å². The molecule has 0 radical (unpaired) electrons. The second kappa shape index (κ2) is 9.22. The molecule has 0 unspecified atom stereocenters. The van der Waals surface area contributed by atoms with E-state index in [1.807, 2.05) is 0 Å². The van der Waals surface area contributed by atoms with Gasteiger partial charge in [0.2, 0.25) is 0 Å². The average Bonchev–Trinajstić information content (AvgIpc) is 3.31. The number of pyridine rings is 1. The van der Waals surface area contributed by atoms with E-state index in [4.69, 9.17) is 9.15 Å². The number of hydrogen-bond donors (Lipinski definition) is 1. The summed E-state index contributed by atoms with van der Waals surface area (Å²) < 4.78 is 80.3. The van der Waals surface area contributed by atoms with E-state index in [1.54, 1.807) is 0 Å². The highest BCUT2D eigenvalue weighted by atomic mass is 19.4. The van der Waals surface area contributed by atoms with Gasteiger partial charge in [-0.05, 0) is 42.5 Å². The molecule has 0 spiro atoms. The summed E-state index contributed by atoms with van der Waals surface area (Å²) in [6.07, 6.45) is -5.04. The highest BCUT2D eigenvalue weighted by molar-refractivity contribution is 5.67. The summed E-state index contributed by atoms with van der Waals surface area (Å²) in [6.45, 7) is -0.601. The molecule has 0 saturated carbocycles. The largest absolute Gasteiger partial charge is 0.504 e.